The van der Waals surface area contributed by atoms with Crippen molar-refractivity contribution in [1.82, 2.24) is 0 Å². The first-order chi connectivity index (χ1) is 9.72. The summed E-state index contributed by atoms with van der Waals surface area (Å²) >= 11 is 0. The molecular formula is C12H15N3O5. The molecule has 0 aromatic rings. The van der Waals surface area contributed by atoms with E-state index in [-0.39, 0.29) is 0 Å². The van der Waals surface area contributed by atoms with E-state index in [4.69, 9.17) is 0 Å². The van der Waals surface area contributed by atoms with Crippen molar-refractivity contribution >= 4 is 24.2 Å². The van der Waals surface area contributed by atoms with Crippen LogP contribution in [0.1, 0.15) is 25.7 Å². The summed E-state index contributed by atoms with van der Waals surface area (Å²) in [4.78, 5) is 49.1. The number of hydrogen-bond acceptors (Lipinski definition) is 8. The molecular weight excluding hydrogens is 266 g/mol. The molecule has 0 aliphatic rings. The first-order valence-corrected chi connectivity index (χ1v) is 5.70. The lowest BCUT2D eigenvalue weighted by Gasteiger charge is -1.93. The van der Waals surface area contributed by atoms with Gasteiger partial charge in [0.2, 0.25) is 12.2 Å². The van der Waals surface area contributed by atoms with Crippen LogP contribution < -0.4 is 0 Å². The van der Waals surface area contributed by atoms with Gasteiger partial charge >= 0.3 is 5.97 Å². The zero-order chi connectivity index (χ0) is 15.5. The molecule has 0 aliphatic carbocycles. The van der Waals surface area contributed by atoms with Crippen LogP contribution in [-0.2, 0) is 24.0 Å². The molecule has 0 bridgehead atoms. The number of carbonyl (C=O) groups excluding carboxylic acids is 4. The predicted molar refractivity (Wildman–Crippen MR) is 68.9 cm³/mol. The second-order valence-corrected chi connectivity index (χ2v) is 3.16. The third-order valence-electron chi connectivity index (χ3n) is 1.76. The van der Waals surface area contributed by atoms with Crippen molar-refractivity contribution in [2.75, 3.05) is 13.1 Å². The molecule has 0 atom stereocenters. The van der Waals surface area contributed by atoms with Gasteiger partial charge in [0.25, 0.3) is 6.08 Å². The molecule has 20 heavy (non-hydrogen) atoms. The van der Waals surface area contributed by atoms with Gasteiger partial charge in [-0.2, -0.15) is 0 Å². The number of hydrogen-bond donors (Lipinski definition) is 0. The van der Waals surface area contributed by atoms with Crippen molar-refractivity contribution in [3.63, 3.8) is 0 Å². The Kier molecular flexibility index (Phi) is 18.4. The van der Waals surface area contributed by atoms with Crippen LogP contribution in [0.25, 0.3) is 0 Å². The minimum atomic E-state index is -0.770. The van der Waals surface area contributed by atoms with E-state index < -0.39 is 5.97 Å². The van der Waals surface area contributed by atoms with E-state index in [1.807, 2.05) is 0 Å². The molecule has 0 amide bonds. The maximum Gasteiger partial charge on any atom is 0.359 e. The fraction of sp³-hybridized carbons (Fsp3) is 0.500. The first kappa shape index (κ1) is 19.7. The van der Waals surface area contributed by atoms with E-state index >= 15 is 0 Å². The van der Waals surface area contributed by atoms with Crippen molar-refractivity contribution in [2.45, 2.75) is 25.7 Å². The lowest BCUT2D eigenvalue weighted by Crippen LogP contribution is -1.91. The highest BCUT2D eigenvalue weighted by Crippen LogP contribution is 1.99. The average Bonchev–Trinajstić information content (AvgIpc) is 2.48. The summed E-state index contributed by atoms with van der Waals surface area (Å²) in [6.07, 6.45) is 8.71. The molecule has 0 aliphatic heterocycles. The number of rotatable bonds is 9. The molecule has 108 valence electrons. The third-order valence-corrected chi connectivity index (χ3v) is 1.76. The van der Waals surface area contributed by atoms with Crippen LogP contribution in [0.2, 0.25) is 0 Å². The molecule has 0 unspecified atom stereocenters. The molecule has 0 heterocycles. The quantitative estimate of drug-likeness (QED) is 0.157. The van der Waals surface area contributed by atoms with Crippen LogP contribution in [0.4, 0.5) is 0 Å². The predicted octanol–water partition coefficient (Wildman–Crippen LogP) is 1.18. The van der Waals surface area contributed by atoms with Crippen molar-refractivity contribution in [3.05, 3.63) is 12.7 Å². The smallest absolute Gasteiger partial charge is 0.302 e. The number of aliphatic imine (C=N–C) groups is 2. The van der Waals surface area contributed by atoms with E-state index in [0.29, 0.717) is 13.1 Å². The fourth-order valence-corrected chi connectivity index (χ4v) is 0.927. The summed E-state index contributed by atoms with van der Waals surface area (Å²) in [5.41, 5.74) is 0. The Bertz CT molecular complexity index is 395. The molecule has 0 saturated carbocycles. The molecule has 0 aromatic heterocycles. The summed E-state index contributed by atoms with van der Waals surface area (Å²) in [6.45, 7) is 4.16. The zero-order valence-electron chi connectivity index (χ0n) is 10.9. The number of nitrogens with zero attached hydrogens (tertiary/aromatic N) is 3. The minimum Gasteiger partial charge on any atom is -0.302 e. The Morgan fingerprint density at radius 2 is 1.45 bits per heavy atom. The molecule has 0 saturated heterocycles. The average molecular weight is 281 g/mol. The minimum absolute atomic E-state index is 0.556. The molecule has 0 radical (unpaired) electrons. The fourth-order valence-electron chi connectivity index (χ4n) is 0.927. The molecule has 0 N–H and O–H groups in total. The summed E-state index contributed by atoms with van der Waals surface area (Å²) < 4.78 is 0. The monoisotopic (exact) mass is 281 g/mol. The van der Waals surface area contributed by atoms with Gasteiger partial charge in [-0.3, -0.25) is 0 Å². The molecule has 0 rings (SSSR count). The van der Waals surface area contributed by atoms with E-state index in [9.17, 15) is 19.2 Å². The first-order valence-electron chi connectivity index (χ1n) is 5.70. The Balaban J connectivity index is 0. The van der Waals surface area contributed by atoms with Crippen molar-refractivity contribution < 1.29 is 24.0 Å². The van der Waals surface area contributed by atoms with Gasteiger partial charge in [-0.25, -0.2) is 29.2 Å². The summed E-state index contributed by atoms with van der Waals surface area (Å²) in [5.74, 6) is -0.770. The molecule has 0 spiro atoms. The van der Waals surface area contributed by atoms with Gasteiger partial charge in [0.15, 0.2) is 0 Å². The molecule has 0 aromatic carbocycles. The van der Waals surface area contributed by atoms with Gasteiger partial charge in [0.05, 0.1) is 13.1 Å². The van der Waals surface area contributed by atoms with Crippen LogP contribution in [0.5, 0.6) is 0 Å². The summed E-state index contributed by atoms with van der Waals surface area (Å²) in [7, 11) is 0. The topological polar surface area (TPSA) is 115 Å². The lowest BCUT2D eigenvalue weighted by molar-refractivity contribution is -0.137. The molecule has 8 nitrogen and oxygen atoms in total. The van der Waals surface area contributed by atoms with Gasteiger partial charge in [0, 0.05) is 11.2 Å². The maximum absolute atomic E-state index is 9.96. The van der Waals surface area contributed by atoms with Crippen LogP contribution in [0, 0.1) is 0 Å². The Morgan fingerprint density at radius 1 is 0.950 bits per heavy atom. The SMILES string of the molecule is C=CC(=O)ON=C=O.O=C=NCCCCCCN=C=O. The maximum atomic E-state index is 9.96. The van der Waals surface area contributed by atoms with E-state index in [1.165, 1.54) is 12.2 Å². The Morgan fingerprint density at radius 3 is 1.80 bits per heavy atom. The van der Waals surface area contributed by atoms with Gasteiger partial charge in [0.1, 0.15) is 0 Å². The summed E-state index contributed by atoms with van der Waals surface area (Å²) in [6, 6.07) is 0. The highest BCUT2D eigenvalue weighted by molar-refractivity contribution is 5.81. The Labute approximate surface area is 115 Å². The van der Waals surface area contributed by atoms with E-state index in [1.54, 1.807) is 0 Å². The van der Waals surface area contributed by atoms with Crippen molar-refractivity contribution in [2.24, 2.45) is 15.1 Å². The lowest BCUT2D eigenvalue weighted by atomic mass is 10.2. The highest BCUT2D eigenvalue weighted by atomic mass is 16.7. The molecule has 0 fully saturated rings. The van der Waals surface area contributed by atoms with Crippen molar-refractivity contribution in [1.29, 1.82) is 0 Å². The second-order valence-electron chi connectivity index (χ2n) is 3.16. The van der Waals surface area contributed by atoms with Gasteiger partial charge in [-0.1, -0.05) is 19.4 Å². The van der Waals surface area contributed by atoms with Crippen LogP contribution in [0.3, 0.4) is 0 Å². The zero-order valence-corrected chi connectivity index (χ0v) is 10.9. The third kappa shape index (κ3) is 20.7. The van der Waals surface area contributed by atoms with Crippen molar-refractivity contribution in [3.8, 4) is 0 Å². The Hall–Kier alpha value is -2.65. The number of carbonyl (C=O) groups is 1. The second kappa shape index (κ2) is 18.7. The normalized spacial score (nSPS) is 7.60. The van der Waals surface area contributed by atoms with E-state index in [2.05, 4.69) is 26.6 Å². The number of isocyanates is 3. The van der Waals surface area contributed by atoms with Crippen LogP contribution in [-0.4, -0.2) is 37.3 Å². The van der Waals surface area contributed by atoms with Gasteiger partial charge < -0.3 is 4.84 Å². The summed E-state index contributed by atoms with van der Waals surface area (Å²) in [5, 5.41) is 2.52. The van der Waals surface area contributed by atoms with Crippen LogP contribution in [0.15, 0.2) is 27.8 Å². The standard InChI is InChI=1S/C8H12N2O2.C4H3NO3/c11-7-9-5-3-1-2-4-6-10-8-12;1-2-4(7)8-5-3-6/h1-6H2;2H,1H2. The van der Waals surface area contributed by atoms with Crippen LogP contribution >= 0.6 is 0 Å². The van der Waals surface area contributed by atoms with E-state index in [0.717, 1.165) is 37.8 Å². The molecule has 8 heteroatoms. The largest absolute Gasteiger partial charge is 0.359 e. The highest BCUT2D eigenvalue weighted by Gasteiger charge is 1.89. The van der Waals surface area contributed by atoms with Gasteiger partial charge in [-0.15, -0.1) is 0 Å². The number of unbranched alkanes of at least 4 members (excludes halogenated alkanes) is 3. The van der Waals surface area contributed by atoms with Gasteiger partial charge in [-0.05, 0) is 12.8 Å².